The molecule has 36 heavy (non-hydrogen) atoms. The summed E-state index contributed by atoms with van der Waals surface area (Å²) in [5.41, 5.74) is 2.14. The molecule has 1 spiro atoms. The van der Waals surface area contributed by atoms with E-state index < -0.39 is 0 Å². The molecule has 1 aromatic heterocycles. The lowest BCUT2D eigenvalue weighted by atomic mass is 9.64. The largest absolute Gasteiger partial charge is 0.497 e. The highest BCUT2D eigenvalue weighted by atomic mass is 16.5. The van der Waals surface area contributed by atoms with Crippen LogP contribution in [0.15, 0.2) is 54.6 Å². The van der Waals surface area contributed by atoms with Crippen molar-refractivity contribution in [2.45, 2.75) is 82.2 Å². The smallest absolute Gasteiger partial charge is 0.231 e. The Morgan fingerprint density at radius 2 is 1.72 bits per heavy atom. The Morgan fingerprint density at radius 1 is 0.972 bits per heavy atom. The van der Waals surface area contributed by atoms with Crippen molar-refractivity contribution in [3.63, 3.8) is 0 Å². The molecule has 2 saturated carbocycles. The van der Waals surface area contributed by atoms with Gasteiger partial charge in [-0.1, -0.05) is 62.4 Å². The van der Waals surface area contributed by atoms with Gasteiger partial charge in [-0.05, 0) is 61.9 Å². The number of hydrogen-bond donors (Lipinski definition) is 0. The molecule has 1 amide bonds. The van der Waals surface area contributed by atoms with Crippen molar-refractivity contribution in [2.24, 2.45) is 5.92 Å². The number of benzene rings is 2. The number of aromatic nitrogens is 3. The van der Waals surface area contributed by atoms with Crippen molar-refractivity contribution in [3.05, 3.63) is 60.2 Å². The van der Waals surface area contributed by atoms with Crippen LogP contribution in [0.3, 0.4) is 0 Å². The zero-order valence-corrected chi connectivity index (χ0v) is 21.2. The number of rotatable bonds is 5. The minimum Gasteiger partial charge on any atom is -0.497 e. The molecule has 2 unspecified atom stereocenters. The van der Waals surface area contributed by atoms with Crippen LogP contribution in [-0.2, 0) is 16.8 Å². The summed E-state index contributed by atoms with van der Waals surface area (Å²) in [6, 6.07) is 18.5. The van der Waals surface area contributed by atoms with Crippen LogP contribution in [0.1, 0.15) is 69.8 Å². The molecule has 188 valence electrons. The van der Waals surface area contributed by atoms with E-state index >= 15 is 0 Å². The van der Waals surface area contributed by atoms with Gasteiger partial charge >= 0.3 is 0 Å². The second kappa shape index (κ2) is 9.72. The summed E-state index contributed by atoms with van der Waals surface area (Å²) in [7, 11) is 1.68. The summed E-state index contributed by atoms with van der Waals surface area (Å²) in [6.07, 6.45) is 11.9. The van der Waals surface area contributed by atoms with Crippen LogP contribution < -0.4 is 9.64 Å². The number of carbonyl (C=O) groups is 1. The third-order valence-electron chi connectivity index (χ3n) is 8.79. The third kappa shape index (κ3) is 4.00. The fourth-order valence-electron chi connectivity index (χ4n) is 7.03. The first-order valence-corrected chi connectivity index (χ1v) is 13.7. The van der Waals surface area contributed by atoms with Gasteiger partial charge in [0.1, 0.15) is 5.75 Å². The zero-order chi connectivity index (χ0) is 24.5. The number of amides is 1. The Hall–Kier alpha value is -3.15. The fourth-order valence-corrected chi connectivity index (χ4v) is 7.03. The Bertz CT molecular complexity index is 1200. The van der Waals surface area contributed by atoms with Gasteiger partial charge in [-0.25, -0.2) is 4.68 Å². The van der Waals surface area contributed by atoms with Crippen molar-refractivity contribution in [2.75, 3.05) is 12.0 Å². The van der Waals surface area contributed by atoms with Crippen LogP contribution in [0, 0.1) is 5.92 Å². The van der Waals surface area contributed by atoms with Crippen LogP contribution in [0.5, 0.6) is 5.75 Å². The highest BCUT2D eigenvalue weighted by molar-refractivity contribution is 5.93. The van der Waals surface area contributed by atoms with Gasteiger partial charge < -0.3 is 4.74 Å². The van der Waals surface area contributed by atoms with Gasteiger partial charge in [0.2, 0.25) is 11.9 Å². The van der Waals surface area contributed by atoms with Gasteiger partial charge in [0, 0.05) is 23.9 Å². The Kier molecular flexibility index (Phi) is 6.28. The molecule has 0 radical (unpaired) electrons. The van der Waals surface area contributed by atoms with E-state index in [1.54, 1.807) is 7.11 Å². The molecule has 0 saturated heterocycles. The maximum Gasteiger partial charge on any atom is 0.231 e. The minimum atomic E-state index is -0.0212. The monoisotopic (exact) mass is 484 g/mol. The van der Waals surface area contributed by atoms with Crippen LogP contribution in [0.4, 0.5) is 5.95 Å². The fraction of sp³-hybridized carbons (Fsp3) is 0.500. The molecule has 1 aliphatic heterocycles. The Labute approximate surface area is 213 Å². The van der Waals surface area contributed by atoms with Gasteiger partial charge in [0.05, 0.1) is 12.6 Å². The Morgan fingerprint density at radius 3 is 2.47 bits per heavy atom. The number of ether oxygens (including phenoxy) is 1. The van der Waals surface area contributed by atoms with E-state index in [4.69, 9.17) is 14.8 Å². The number of fused-ring (bicyclic) bond motifs is 4. The van der Waals surface area contributed by atoms with Crippen molar-refractivity contribution < 1.29 is 9.53 Å². The molecule has 2 atom stereocenters. The van der Waals surface area contributed by atoms with Gasteiger partial charge in [-0.2, -0.15) is 4.98 Å². The number of carbonyl (C=O) groups excluding carboxylic acids is 1. The predicted octanol–water partition coefficient (Wildman–Crippen LogP) is 6.15. The number of hydrogen-bond acceptors (Lipinski definition) is 4. The van der Waals surface area contributed by atoms with Gasteiger partial charge in [-0.15, -0.1) is 5.10 Å². The predicted molar refractivity (Wildman–Crippen MR) is 141 cm³/mol. The molecule has 2 heterocycles. The van der Waals surface area contributed by atoms with Crippen LogP contribution >= 0.6 is 0 Å². The second-order valence-electron chi connectivity index (χ2n) is 10.7. The van der Waals surface area contributed by atoms with Crippen molar-refractivity contribution >= 4 is 11.9 Å². The molecule has 2 fully saturated rings. The highest BCUT2D eigenvalue weighted by Gasteiger charge is 2.55. The standard InChI is InChI=1S/C30H36N4O2/c1-36-24-17-15-23(16-18-24)28-31-29-33(27(35)19-14-22-10-4-2-5-11-22)26-13-7-6-12-25(26)30(34(29)32-28)20-8-3-9-21-30/h2,4-5,10-11,15-18,25-26H,3,6-9,12-14,19-21H2,1H3. The van der Waals surface area contributed by atoms with E-state index in [9.17, 15) is 4.79 Å². The summed E-state index contributed by atoms with van der Waals surface area (Å²) in [5, 5.41) is 5.17. The molecule has 3 aromatic rings. The molecule has 6 heteroatoms. The topological polar surface area (TPSA) is 60.2 Å². The summed E-state index contributed by atoms with van der Waals surface area (Å²) < 4.78 is 7.56. The molecule has 3 aliphatic rings. The zero-order valence-electron chi connectivity index (χ0n) is 21.2. The average Bonchev–Trinajstić information content (AvgIpc) is 3.39. The van der Waals surface area contributed by atoms with E-state index in [1.807, 2.05) is 42.5 Å². The number of methoxy groups -OCH3 is 1. The lowest BCUT2D eigenvalue weighted by molar-refractivity contribution is -0.120. The molecule has 6 rings (SSSR count). The van der Waals surface area contributed by atoms with Gasteiger partial charge in [0.25, 0.3) is 0 Å². The molecule has 2 aliphatic carbocycles. The number of aryl methyl sites for hydroxylation is 1. The van der Waals surface area contributed by atoms with E-state index in [-0.39, 0.29) is 17.5 Å². The highest BCUT2D eigenvalue weighted by Crippen LogP contribution is 2.53. The average molecular weight is 485 g/mol. The summed E-state index contributed by atoms with van der Waals surface area (Å²) in [4.78, 5) is 21.1. The minimum absolute atomic E-state index is 0.0212. The van der Waals surface area contributed by atoms with E-state index in [0.717, 1.165) is 42.9 Å². The van der Waals surface area contributed by atoms with E-state index in [2.05, 4.69) is 21.7 Å². The number of anilines is 1. The third-order valence-corrected chi connectivity index (χ3v) is 8.79. The first kappa shape index (κ1) is 23.3. The Balaban J connectivity index is 1.42. The van der Waals surface area contributed by atoms with Crippen LogP contribution in [0.2, 0.25) is 0 Å². The molecule has 2 aromatic carbocycles. The van der Waals surface area contributed by atoms with Crippen molar-refractivity contribution in [1.29, 1.82) is 0 Å². The maximum absolute atomic E-state index is 13.9. The second-order valence-corrected chi connectivity index (χ2v) is 10.7. The summed E-state index contributed by atoms with van der Waals surface area (Å²) >= 11 is 0. The van der Waals surface area contributed by atoms with E-state index in [1.165, 1.54) is 44.1 Å². The first-order chi connectivity index (χ1) is 17.7. The molecule has 0 N–H and O–H groups in total. The van der Waals surface area contributed by atoms with Crippen LogP contribution in [-0.4, -0.2) is 33.8 Å². The maximum atomic E-state index is 13.9. The normalized spacial score (nSPS) is 22.6. The van der Waals surface area contributed by atoms with Crippen molar-refractivity contribution in [3.8, 4) is 17.1 Å². The number of nitrogens with zero attached hydrogens (tertiary/aromatic N) is 4. The molecular weight excluding hydrogens is 448 g/mol. The SMILES string of the molecule is COc1ccc(-c2nc3n(n2)C2(CCCCC2)C2CCCCC2N3C(=O)CCc2ccccc2)cc1. The van der Waals surface area contributed by atoms with Crippen molar-refractivity contribution in [1.82, 2.24) is 14.8 Å². The van der Waals surface area contributed by atoms with Gasteiger partial charge in [0.15, 0.2) is 5.82 Å². The van der Waals surface area contributed by atoms with Gasteiger partial charge in [-0.3, -0.25) is 9.69 Å². The quantitative estimate of drug-likeness (QED) is 0.436. The van der Waals surface area contributed by atoms with Crippen LogP contribution in [0.25, 0.3) is 11.4 Å². The van der Waals surface area contributed by atoms with E-state index in [0.29, 0.717) is 18.2 Å². The summed E-state index contributed by atoms with van der Waals surface area (Å²) in [5.74, 6) is 2.91. The molecular formula is C30H36N4O2. The lowest BCUT2D eigenvalue weighted by Gasteiger charge is -2.55. The first-order valence-electron chi connectivity index (χ1n) is 13.7. The summed E-state index contributed by atoms with van der Waals surface area (Å²) in [6.45, 7) is 0. The molecule has 0 bridgehead atoms. The molecule has 6 nitrogen and oxygen atoms in total. The lowest BCUT2D eigenvalue weighted by Crippen LogP contribution is -2.61.